The van der Waals surface area contributed by atoms with Crippen molar-refractivity contribution in [1.29, 1.82) is 0 Å². The predicted octanol–water partition coefficient (Wildman–Crippen LogP) is 4.28. The number of ether oxygens (including phenoxy) is 1. The summed E-state index contributed by atoms with van der Waals surface area (Å²) in [6, 6.07) is 6.03. The molecule has 21 heavy (non-hydrogen) atoms. The van der Waals surface area contributed by atoms with Gasteiger partial charge >= 0.3 is 6.36 Å². The summed E-state index contributed by atoms with van der Waals surface area (Å²) in [6.45, 7) is 4.41. The SMILES string of the molecule is CC1CC(C)CC(N)(Cc2ccc(OC(F)(F)F)cc2)C1. The van der Waals surface area contributed by atoms with Gasteiger partial charge in [-0.15, -0.1) is 13.2 Å². The summed E-state index contributed by atoms with van der Waals surface area (Å²) in [5.74, 6) is 0.987. The fourth-order valence-electron chi connectivity index (χ4n) is 3.68. The average Bonchev–Trinajstić information content (AvgIpc) is 2.27. The Morgan fingerprint density at radius 1 is 1.14 bits per heavy atom. The van der Waals surface area contributed by atoms with Crippen molar-refractivity contribution in [3.8, 4) is 5.75 Å². The maximum atomic E-state index is 12.1. The summed E-state index contributed by atoms with van der Waals surface area (Å²) in [5, 5.41) is 0. The summed E-state index contributed by atoms with van der Waals surface area (Å²) in [4.78, 5) is 0. The molecule has 2 N–H and O–H groups in total. The Labute approximate surface area is 123 Å². The molecule has 2 nitrogen and oxygen atoms in total. The zero-order chi connectivity index (χ0) is 15.7. The lowest BCUT2D eigenvalue weighted by atomic mass is 9.70. The summed E-state index contributed by atoms with van der Waals surface area (Å²) in [5.41, 5.74) is 7.19. The second-order valence-corrected chi connectivity index (χ2v) is 6.59. The lowest BCUT2D eigenvalue weighted by Gasteiger charge is -2.40. The van der Waals surface area contributed by atoms with Gasteiger partial charge in [0.15, 0.2) is 0 Å². The second-order valence-electron chi connectivity index (χ2n) is 6.59. The molecule has 0 bridgehead atoms. The summed E-state index contributed by atoms with van der Waals surface area (Å²) in [6.07, 6.45) is -0.855. The molecular weight excluding hydrogens is 279 g/mol. The molecule has 1 aliphatic carbocycles. The minimum Gasteiger partial charge on any atom is -0.406 e. The number of rotatable bonds is 3. The van der Waals surface area contributed by atoms with Crippen molar-refractivity contribution in [2.45, 2.75) is 51.4 Å². The highest BCUT2D eigenvalue weighted by molar-refractivity contribution is 5.28. The van der Waals surface area contributed by atoms with E-state index < -0.39 is 6.36 Å². The average molecular weight is 301 g/mol. The van der Waals surface area contributed by atoms with Gasteiger partial charge in [-0.25, -0.2) is 0 Å². The van der Waals surface area contributed by atoms with E-state index in [1.165, 1.54) is 18.6 Å². The molecule has 1 aromatic carbocycles. The van der Waals surface area contributed by atoms with Crippen LogP contribution in [-0.2, 0) is 6.42 Å². The third-order valence-corrected chi connectivity index (χ3v) is 4.03. The van der Waals surface area contributed by atoms with E-state index in [0.29, 0.717) is 18.3 Å². The quantitative estimate of drug-likeness (QED) is 0.904. The highest BCUT2D eigenvalue weighted by Crippen LogP contribution is 2.36. The molecule has 0 amide bonds. The number of hydrogen-bond acceptors (Lipinski definition) is 2. The van der Waals surface area contributed by atoms with Crippen molar-refractivity contribution in [1.82, 2.24) is 0 Å². The standard InChI is InChI=1S/C16H22F3NO/c1-11-7-12(2)9-15(20,8-11)10-13-3-5-14(6-4-13)21-16(17,18)19/h3-6,11-12H,7-10,20H2,1-2H3. The van der Waals surface area contributed by atoms with Gasteiger partial charge in [0.25, 0.3) is 0 Å². The molecular formula is C16H22F3NO. The predicted molar refractivity (Wildman–Crippen MR) is 75.9 cm³/mol. The van der Waals surface area contributed by atoms with Gasteiger partial charge < -0.3 is 10.5 Å². The van der Waals surface area contributed by atoms with Gasteiger partial charge in [0.1, 0.15) is 5.75 Å². The molecule has 1 aromatic rings. The van der Waals surface area contributed by atoms with E-state index in [-0.39, 0.29) is 11.3 Å². The van der Waals surface area contributed by atoms with Crippen LogP contribution in [-0.4, -0.2) is 11.9 Å². The van der Waals surface area contributed by atoms with E-state index in [0.717, 1.165) is 18.4 Å². The molecule has 0 heterocycles. The van der Waals surface area contributed by atoms with E-state index in [4.69, 9.17) is 5.73 Å². The molecule has 0 spiro atoms. The largest absolute Gasteiger partial charge is 0.573 e. The van der Waals surface area contributed by atoms with Crippen LogP contribution in [0.3, 0.4) is 0 Å². The lowest BCUT2D eigenvalue weighted by Crippen LogP contribution is -2.48. The third kappa shape index (κ3) is 4.92. The van der Waals surface area contributed by atoms with E-state index >= 15 is 0 Å². The van der Waals surface area contributed by atoms with Crippen LogP contribution in [0.5, 0.6) is 5.75 Å². The number of hydrogen-bond donors (Lipinski definition) is 1. The van der Waals surface area contributed by atoms with Crippen molar-refractivity contribution < 1.29 is 17.9 Å². The van der Waals surface area contributed by atoms with Gasteiger partial charge in [0.05, 0.1) is 0 Å². The zero-order valence-corrected chi connectivity index (χ0v) is 12.4. The van der Waals surface area contributed by atoms with Gasteiger partial charge in [-0.05, 0) is 55.2 Å². The molecule has 0 radical (unpaired) electrons. The Kier molecular flexibility index (Phi) is 4.51. The van der Waals surface area contributed by atoms with Crippen molar-refractivity contribution in [2.24, 2.45) is 17.6 Å². The Morgan fingerprint density at radius 3 is 2.14 bits per heavy atom. The fourth-order valence-corrected chi connectivity index (χ4v) is 3.68. The molecule has 0 aliphatic heterocycles. The molecule has 2 unspecified atom stereocenters. The molecule has 1 saturated carbocycles. The Morgan fingerprint density at radius 2 is 1.67 bits per heavy atom. The summed E-state index contributed by atoms with van der Waals surface area (Å²) in [7, 11) is 0. The Hall–Kier alpha value is -1.23. The highest BCUT2D eigenvalue weighted by atomic mass is 19.4. The van der Waals surface area contributed by atoms with E-state index in [2.05, 4.69) is 18.6 Å². The van der Waals surface area contributed by atoms with E-state index in [1.54, 1.807) is 12.1 Å². The first kappa shape index (κ1) is 16.1. The molecule has 2 rings (SSSR count). The van der Waals surface area contributed by atoms with Crippen LogP contribution >= 0.6 is 0 Å². The van der Waals surface area contributed by atoms with Gasteiger partial charge in [-0.1, -0.05) is 26.0 Å². The Balaban J connectivity index is 2.02. The van der Waals surface area contributed by atoms with Crippen LogP contribution in [0.4, 0.5) is 13.2 Å². The maximum Gasteiger partial charge on any atom is 0.573 e. The van der Waals surface area contributed by atoms with Crippen LogP contribution in [0, 0.1) is 11.8 Å². The molecule has 2 atom stereocenters. The summed E-state index contributed by atoms with van der Waals surface area (Å²) < 4.78 is 40.2. The van der Waals surface area contributed by atoms with Crippen molar-refractivity contribution in [3.63, 3.8) is 0 Å². The van der Waals surface area contributed by atoms with E-state index in [1.807, 2.05) is 0 Å². The number of halogens is 3. The minimum atomic E-state index is -4.65. The second kappa shape index (κ2) is 5.87. The lowest BCUT2D eigenvalue weighted by molar-refractivity contribution is -0.274. The first-order valence-electron chi connectivity index (χ1n) is 7.29. The van der Waals surface area contributed by atoms with Gasteiger partial charge in [-0.3, -0.25) is 0 Å². The van der Waals surface area contributed by atoms with Crippen LogP contribution in [0.1, 0.15) is 38.7 Å². The van der Waals surface area contributed by atoms with Gasteiger partial charge in [0, 0.05) is 5.54 Å². The first-order valence-corrected chi connectivity index (χ1v) is 7.29. The molecule has 1 fully saturated rings. The summed E-state index contributed by atoms with van der Waals surface area (Å²) >= 11 is 0. The molecule has 0 saturated heterocycles. The van der Waals surface area contributed by atoms with Gasteiger partial charge in [-0.2, -0.15) is 0 Å². The zero-order valence-electron chi connectivity index (χ0n) is 12.4. The molecule has 0 aromatic heterocycles. The topological polar surface area (TPSA) is 35.2 Å². The molecule has 5 heteroatoms. The number of nitrogens with two attached hydrogens (primary N) is 1. The van der Waals surface area contributed by atoms with Crippen LogP contribution < -0.4 is 10.5 Å². The maximum absolute atomic E-state index is 12.1. The molecule has 118 valence electrons. The van der Waals surface area contributed by atoms with E-state index in [9.17, 15) is 13.2 Å². The van der Waals surface area contributed by atoms with Crippen LogP contribution in [0.2, 0.25) is 0 Å². The van der Waals surface area contributed by atoms with Crippen molar-refractivity contribution >= 4 is 0 Å². The van der Waals surface area contributed by atoms with Crippen LogP contribution in [0.25, 0.3) is 0 Å². The first-order chi connectivity index (χ1) is 9.65. The van der Waals surface area contributed by atoms with Gasteiger partial charge in [0.2, 0.25) is 0 Å². The van der Waals surface area contributed by atoms with Crippen molar-refractivity contribution in [2.75, 3.05) is 0 Å². The highest BCUT2D eigenvalue weighted by Gasteiger charge is 2.35. The number of alkyl halides is 3. The minimum absolute atomic E-state index is 0.192. The van der Waals surface area contributed by atoms with Crippen LogP contribution in [0.15, 0.2) is 24.3 Å². The smallest absolute Gasteiger partial charge is 0.406 e. The molecule has 1 aliphatic rings. The normalized spacial score (nSPS) is 30.2. The number of benzene rings is 1. The fraction of sp³-hybridized carbons (Fsp3) is 0.625. The monoisotopic (exact) mass is 301 g/mol. The third-order valence-electron chi connectivity index (χ3n) is 4.03. The Bertz CT molecular complexity index is 459. The van der Waals surface area contributed by atoms with Crippen molar-refractivity contribution in [3.05, 3.63) is 29.8 Å².